The van der Waals surface area contributed by atoms with Gasteiger partial charge in [-0.3, -0.25) is 4.79 Å². The fraction of sp³-hybridized carbons (Fsp3) is 0.312. The number of hydrogen-bond acceptors (Lipinski definition) is 3. The topological polar surface area (TPSA) is 41.1 Å². The maximum Gasteiger partial charge on any atom is 0.221 e. The van der Waals surface area contributed by atoms with E-state index in [1.54, 1.807) is 11.3 Å². The zero-order valence-corrected chi connectivity index (χ0v) is 12.5. The fourth-order valence-corrected chi connectivity index (χ4v) is 2.82. The molecule has 0 saturated heterocycles. The molecule has 0 aliphatic rings. The predicted octanol–water partition coefficient (Wildman–Crippen LogP) is 3.03. The Morgan fingerprint density at radius 3 is 2.75 bits per heavy atom. The minimum Gasteiger partial charge on any atom is -0.356 e. The number of rotatable bonds is 7. The minimum absolute atomic E-state index is 0.108. The summed E-state index contributed by atoms with van der Waals surface area (Å²) in [6.45, 7) is 4.16. The first-order valence-electron chi connectivity index (χ1n) is 6.90. The van der Waals surface area contributed by atoms with Crippen LogP contribution in [-0.2, 0) is 11.3 Å². The molecule has 4 heteroatoms. The molecule has 0 aliphatic carbocycles. The van der Waals surface area contributed by atoms with Crippen molar-refractivity contribution in [2.24, 2.45) is 0 Å². The van der Waals surface area contributed by atoms with E-state index in [9.17, 15) is 4.79 Å². The van der Waals surface area contributed by atoms with Gasteiger partial charge in [-0.15, -0.1) is 11.3 Å². The average molecular weight is 288 g/mol. The third kappa shape index (κ3) is 4.47. The zero-order chi connectivity index (χ0) is 14.2. The van der Waals surface area contributed by atoms with Gasteiger partial charge >= 0.3 is 0 Å². The van der Waals surface area contributed by atoms with Crippen LogP contribution in [0.3, 0.4) is 0 Å². The summed E-state index contributed by atoms with van der Waals surface area (Å²) >= 11 is 1.75. The molecule has 0 unspecified atom stereocenters. The lowest BCUT2D eigenvalue weighted by Crippen LogP contribution is -2.27. The lowest BCUT2D eigenvalue weighted by atomic mass is 10.1. The van der Waals surface area contributed by atoms with Gasteiger partial charge in [0.25, 0.3) is 0 Å². The molecule has 2 N–H and O–H groups in total. The number of benzene rings is 1. The molecule has 0 saturated carbocycles. The Bertz CT molecular complexity index is 536. The summed E-state index contributed by atoms with van der Waals surface area (Å²) in [6.07, 6.45) is 0.532. The highest BCUT2D eigenvalue weighted by atomic mass is 32.1. The number of nitrogens with one attached hydrogen (secondary N) is 2. The van der Waals surface area contributed by atoms with E-state index in [1.165, 1.54) is 16.0 Å². The second kappa shape index (κ2) is 7.82. The molecule has 0 atom stereocenters. The monoisotopic (exact) mass is 288 g/mol. The number of amides is 1. The van der Waals surface area contributed by atoms with Crippen molar-refractivity contribution in [3.8, 4) is 11.1 Å². The first-order chi connectivity index (χ1) is 9.79. The molecule has 20 heavy (non-hydrogen) atoms. The smallest absolute Gasteiger partial charge is 0.221 e. The molecule has 2 aromatic rings. The summed E-state index contributed by atoms with van der Waals surface area (Å²) in [5, 5.41) is 8.28. The van der Waals surface area contributed by atoms with Crippen LogP contribution in [0, 0.1) is 0 Å². The Morgan fingerprint density at radius 2 is 2.00 bits per heavy atom. The van der Waals surface area contributed by atoms with Crippen LogP contribution in [0.5, 0.6) is 0 Å². The molecule has 0 aliphatic heterocycles. The number of thiophene rings is 1. The summed E-state index contributed by atoms with van der Waals surface area (Å²) < 4.78 is 0. The van der Waals surface area contributed by atoms with Gasteiger partial charge in [-0.05, 0) is 29.5 Å². The Kier molecular flexibility index (Phi) is 5.77. The van der Waals surface area contributed by atoms with E-state index in [0.717, 1.165) is 6.54 Å². The highest BCUT2D eigenvalue weighted by Gasteiger charge is 2.03. The third-order valence-electron chi connectivity index (χ3n) is 2.96. The Labute approximate surface area is 124 Å². The molecular weight excluding hydrogens is 268 g/mol. The van der Waals surface area contributed by atoms with Gasteiger partial charge in [0.2, 0.25) is 5.91 Å². The number of carbonyl (C=O) groups is 1. The van der Waals surface area contributed by atoms with Crippen molar-refractivity contribution < 1.29 is 4.79 Å². The molecule has 3 nitrogen and oxygen atoms in total. The van der Waals surface area contributed by atoms with Gasteiger partial charge in [-0.1, -0.05) is 30.3 Å². The molecule has 1 aromatic carbocycles. The zero-order valence-electron chi connectivity index (χ0n) is 11.7. The van der Waals surface area contributed by atoms with Gasteiger partial charge in [0, 0.05) is 30.9 Å². The Balaban J connectivity index is 1.78. The lowest BCUT2D eigenvalue weighted by Gasteiger charge is -2.03. The van der Waals surface area contributed by atoms with Crippen molar-refractivity contribution in [3.05, 3.63) is 46.7 Å². The molecular formula is C16H20N2OS. The van der Waals surface area contributed by atoms with Crippen LogP contribution in [0.1, 0.15) is 18.2 Å². The van der Waals surface area contributed by atoms with E-state index in [0.29, 0.717) is 19.5 Å². The molecule has 1 amide bonds. The molecule has 2 rings (SSSR count). The van der Waals surface area contributed by atoms with Crippen molar-refractivity contribution in [1.29, 1.82) is 0 Å². The van der Waals surface area contributed by atoms with Crippen molar-refractivity contribution in [2.45, 2.75) is 19.9 Å². The highest BCUT2D eigenvalue weighted by Crippen LogP contribution is 2.25. The van der Waals surface area contributed by atoms with Crippen molar-refractivity contribution in [2.75, 3.05) is 13.1 Å². The maximum atomic E-state index is 11.3. The molecule has 1 heterocycles. The minimum atomic E-state index is 0.108. The van der Waals surface area contributed by atoms with Crippen molar-refractivity contribution in [3.63, 3.8) is 0 Å². The van der Waals surface area contributed by atoms with E-state index in [2.05, 4.69) is 46.3 Å². The summed E-state index contributed by atoms with van der Waals surface area (Å²) in [7, 11) is 0. The molecule has 1 aromatic heterocycles. The summed E-state index contributed by atoms with van der Waals surface area (Å²) in [5.74, 6) is 0.108. The van der Waals surface area contributed by atoms with Crippen molar-refractivity contribution in [1.82, 2.24) is 10.6 Å². The van der Waals surface area contributed by atoms with Crippen LogP contribution in [0.25, 0.3) is 11.1 Å². The van der Waals surface area contributed by atoms with Crippen LogP contribution in [0.4, 0.5) is 0 Å². The molecule has 0 bridgehead atoms. The quantitative estimate of drug-likeness (QED) is 0.769. The van der Waals surface area contributed by atoms with Gasteiger partial charge in [-0.2, -0.15) is 0 Å². The summed E-state index contributed by atoms with van der Waals surface area (Å²) in [4.78, 5) is 12.6. The largest absolute Gasteiger partial charge is 0.356 e. The van der Waals surface area contributed by atoms with Crippen LogP contribution < -0.4 is 10.6 Å². The number of carbonyl (C=O) groups excluding carboxylic acids is 1. The summed E-state index contributed by atoms with van der Waals surface area (Å²) in [6, 6.07) is 12.6. The van der Waals surface area contributed by atoms with E-state index < -0.39 is 0 Å². The molecule has 106 valence electrons. The molecule has 0 radical (unpaired) electrons. The van der Waals surface area contributed by atoms with Crippen LogP contribution >= 0.6 is 11.3 Å². The third-order valence-corrected chi connectivity index (χ3v) is 3.90. The van der Waals surface area contributed by atoms with E-state index in [-0.39, 0.29) is 5.91 Å². The second-order valence-corrected chi connectivity index (χ2v) is 5.54. The van der Waals surface area contributed by atoms with E-state index >= 15 is 0 Å². The predicted molar refractivity (Wildman–Crippen MR) is 84.8 cm³/mol. The second-order valence-electron chi connectivity index (χ2n) is 4.55. The van der Waals surface area contributed by atoms with Crippen LogP contribution in [0.15, 0.2) is 41.8 Å². The van der Waals surface area contributed by atoms with Gasteiger partial charge in [0.15, 0.2) is 0 Å². The van der Waals surface area contributed by atoms with E-state index in [4.69, 9.17) is 0 Å². The van der Waals surface area contributed by atoms with Gasteiger partial charge < -0.3 is 10.6 Å². The van der Waals surface area contributed by atoms with Gasteiger partial charge in [0.05, 0.1) is 0 Å². The standard InChI is InChI=1S/C16H20N2OS/c1-2-18-16(19)8-9-17-11-15-10-14(12-20-15)13-6-4-3-5-7-13/h3-7,10,12,17H,2,8-9,11H2,1H3,(H,18,19). The van der Waals surface area contributed by atoms with Crippen molar-refractivity contribution >= 4 is 17.2 Å². The van der Waals surface area contributed by atoms with E-state index in [1.807, 2.05) is 13.0 Å². The van der Waals surface area contributed by atoms with Crippen LogP contribution in [-0.4, -0.2) is 19.0 Å². The fourth-order valence-electron chi connectivity index (χ4n) is 1.95. The Hall–Kier alpha value is -1.65. The lowest BCUT2D eigenvalue weighted by molar-refractivity contribution is -0.120. The van der Waals surface area contributed by atoms with Gasteiger partial charge in [-0.25, -0.2) is 0 Å². The number of hydrogen-bond donors (Lipinski definition) is 2. The molecule has 0 fully saturated rings. The maximum absolute atomic E-state index is 11.3. The first kappa shape index (κ1) is 14.8. The SMILES string of the molecule is CCNC(=O)CCNCc1cc(-c2ccccc2)cs1. The highest BCUT2D eigenvalue weighted by molar-refractivity contribution is 7.10. The average Bonchev–Trinajstić information content (AvgIpc) is 2.94. The normalized spacial score (nSPS) is 10.4. The van der Waals surface area contributed by atoms with Gasteiger partial charge in [0.1, 0.15) is 0 Å². The molecule has 0 spiro atoms. The van der Waals surface area contributed by atoms with Crippen LogP contribution in [0.2, 0.25) is 0 Å². The Morgan fingerprint density at radius 1 is 1.20 bits per heavy atom. The summed E-state index contributed by atoms with van der Waals surface area (Å²) in [5.41, 5.74) is 2.51. The first-order valence-corrected chi connectivity index (χ1v) is 7.78.